The molecular formula is C11H16N2O4. The highest BCUT2D eigenvalue weighted by Gasteiger charge is 2.02. The van der Waals surface area contributed by atoms with Gasteiger partial charge in [-0.25, -0.2) is 4.79 Å². The summed E-state index contributed by atoms with van der Waals surface area (Å²) in [7, 11) is 0. The van der Waals surface area contributed by atoms with Crippen molar-refractivity contribution in [3.63, 3.8) is 0 Å². The van der Waals surface area contributed by atoms with Crippen LogP contribution in [0.3, 0.4) is 0 Å². The molecule has 0 aliphatic rings. The highest BCUT2D eigenvalue weighted by Crippen LogP contribution is 1.99. The molecule has 0 aromatic carbocycles. The van der Waals surface area contributed by atoms with E-state index in [-0.39, 0.29) is 0 Å². The Labute approximate surface area is 100 Å². The number of unbranched alkanes of at least 4 members (excludes halogenated alkanes) is 2. The van der Waals surface area contributed by atoms with Crippen molar-refractivity contribution >= 4 is 5.97 Å². The van der Waals surface area contributed by atoms with Crippen LogP contribution in [0.2, 0.25) is 0 Å². The van der Waals surface area contributed by atoms with Crippen molar-refractivity contribution in [2.24, 2.45) is 0 Å². The number of aliphatic carboxylic acids is 1. The lowest BCUT2D eigenvalue weighted by Gasteiger charge is -1.99. The second-order valence-corrected chi connectivity index (χ2v) is 3.08. The molecule has 0 saturated heterocycles. The molecule has 0 atom stereocenters. The topological polar surface area (TPSA) is 125 Å². The third-order valence-corrected chi connectivity index (χ3v) is 1.63. The molecule has 3 N–H and O–H groups in total. The number of hydrogen-bond acceptors (Lipinski definition) is 5. The highest BCUT2D eigenvalue weighted by atomic mass is 16.5. The number of nitriles is 2. The molecular weight excluding hydrogens is 224 g/mol. The minimum atomic E-state index is -1.38. The molecule has 0 saturated carbocycles. The standard InChI is InChI=1S/C6H14O2.C5H2N2O2/c1-2-3-4-5-6(7)8;6-2-1-4(3-7)5(8)9/h6-8H,2-5H2,1H3;1H,(H,8,9). The summed E-state index contributed by atoms with van der Waals surface area (Å²) in [5, 5.41) is 40.6. The lowest BCUT2D eigenvalue weighted by Crippen LogP contribution is -2.02. The molecule has 0 spiro atoms. The van der Waals surface area contributed by atoms with Gasteiger partial charge in [-0.3, -0.25) is 0 Å². The minimum absolute atomic E-state index is 0.522. The summed E-state index contributed by atoms with van der Waals surface area (Å²) in [6.07, 6.45) is 3.26. The average Bonchev–Trinajstić information content (AvgIpc) is 2.26. The molecule has 17 heavy (non-hydrogen) atoms. The Morgan fingerprint density at radius 2 is 1.94 bits per heavy atom. The summed E-state index contributed by atoms with van der Waals surface area (Å²) >= 11 is 0. The van der Waals surface area contributed by atoms with Crippen molar-refractivity contribution in [1.82, 2.24) is 0 Å². The molecule has 0 aliphatic heterocycles. The molecule has 6 heteroatoms. The van der Waals surface area contributed by atoms with Gasteiger partial charge in [-0.1, -0.05) is 19.8 Å². The van der Waals surface area contributed by atoms with Gasteiger partial charge in [0.25, 0.3) is 0 Å². The fourth-order valence-electron chi connectivity index (χ4n) is 0.783. The quantitative estimate of drug-likeness (QED) is 0.284. The first kappa shape index (κ1) is 17.5. The van der Waals surface area contributed by atoms with Crippen LogP contribution in [0.1, 0.15) is 32.6 Å². The fraction of sp³-hybridized carbons (Fsp3) is 0.545. The number of hydrogen-bond donors (Lipinski definition) is 3. The Bertz CT molecular complexity index is 323. The average molecular weight is 240 g/mol. The van der Waals surface area contributed by atoms with Gasteiger partial charge < -0.3 is 15.3 Å². The Morgan fingerprint density at radius 1 is 1.35 bits per heavy atom. The van der Waals surface area contributed by atoms with Crippen LogP contribution in [0.15, 0.2) is 11.6 Å². The molecule has 94 valence electrons. The van der Waals surface area contributed by atoms with Crippen LogP contribution >= 0.6 is 0 Å². The van der Waals surface area contributed by atoms with Crippen molar-refractivity contribution in [3.8, 4) is 12.1 Å². The first-order valence-corrected chi connectivity index (χ1v) is 5.08. The first-order chi connectivity index (χ1) is 7.99. The van der Waals surface area contributed by atoms with E-state index in [4.69, 9.17) is 25.8 Å². The molecule has 0 fully saturated rings. The van der Waals surface area contributed by atoms with Gasteiger partial charge in [-0.15, -0.1) is 0 Å². The van der Waals surface area contributed by atoms with Crippen LogP contribution in [-0.4, -0.2) is 27.6 Å². The second kappa shape index (κ2) is 12.2. The largest absolute Gasteiger partial charge is 0.477 e. The van der Waals surface area contributed by atoms with Gasteiger partial charge in [0.15, 0.2) is 6.29 Å². The van der Waals surface area contributed by atoms with E-state index >= 15 is 0 Å². The van der Waals surface area contributed by atoms with E-state index in [1.807, 2.05) is 0 Å². The molecule has 0 heterocycles. The van der Waals surface area contributed by atoms with Gasteiger partial charge in [0.2, 0.25) is 0 Å². The van der Waals surface area contributed by atoms with Crippen LogP contribution in [-0.2, 0) is 4.79 Å². The van der Waals surface area contributed by atoms with Crippen LogP contribution < -0.4 is 0 Å². The van der Waals surface area contributed by atoms with E-state index < -0.39 is 17.8 Å². The summed E-state index contributed by atoms with van der Waals surface area (Å²) in [4.78, 5) is 9.88. The fourth-order valence-corrected chi connectivity index (χ4v) is 0.783. The number of allylic oxidation sites excluding steroid dienone is 1. The molecule has 0 unspecified atom stereocenters. The van der Waals surface area contributed by atoms with Gasteiger partial charge >= 0.3 is 5.97 Å². The normalized spacial score (nSPS) is 9.88. The monoisotopic (exact) mass is 240 g/mol. The van der Waals surface area contributed by atoms with Crippen LogP contribution in [0.25, 0.3) is 0 Å². The molecule has 0 aromatic rings. The highest BCUT2D eigenvalue weighted by molar-refractivity contribution is 5.91. The molecule has 0 aromatic heterocycles. The number of aliphatic hydroxyl groups excluding tert-OH is 1. The molecule has 0 bridgehead atoms. The maximum atomic E-state index is 9.88. The molecule has 0 aliphatic carbocycles. The lowest BCUT2D eigenvalue weighted by molar-refractivity contribution is -0.132. The summed E-state index contributed by atoms with van der Waals surface area (Å²) in [6.45, 7) is 2.09. The van der Waals surface area contributed by atoms with Gasteiger partial charge in [0.05, 0.1) is 6.07 Å². The maximum Gasteiger partial charge on any atom is 0.347 e. The Morgan fingerprint density at radius 3 is 2.18 bits per heavy atom. The van der Waals surface area contributed by atoms with E-state index in [9.17, 15) is 4.79 Å². The summed E-state index contributed by atoms with van der Waals surface area (Å²) in [5.41, 5.74) is -0.544. The van der Waals surface area contributed by atoms with Crippen molar-refractivity contribution < 1.29 is 20.1 Å². The van der Waals surface area contributed by atoms with Gasteiger partial charge in [-0.2, -0.15) is 10.5 Å². The number of carboxylic acids is 1. The number of nitrogens with zero attached hydrogens (tertiary/aromatic N) is 2. The smallest absolute Gasteiger partial charge is 0.347 e. The molecule has 0 radical (unpaired) electrons. The van der Waals surface area contributed by atoms with Crippen molar-refractivity contribution in [3.05, 3.63) is 11.6 Å². The van der Waals surface area contributed by atoms with Crippen molar-refractivity contribution in [1.29, 1.82) is 10.5 Å². The van der Waals surface area contributed by atoms with Gasteiger partial charge in [-0.05, 0) is 12.8 Å². The number of carboxylic acid groups (broad SMARTS) is 1. The zero-order valence-electron chi connectivity index (χ0n) is 9.63. The van der Waals surface area contributed by atoms with Crippen LogP contribution in [0.5, 0.6) is 0 Å². The predicted molar refractivity (Wildman–Crippen MR) is 59.3 cm³/mol. The number of rotatable bonds is 5. The second-order valence-electron chi connectivity index (χ2n) is 3.08. The molecule has 0 amide bonds. The summed E-state index contributed by atoms with van der Waals surface area (Å²) in [6, 6.07) is 2.78. The summed E-state index contributed by atoms with van der Waals surface area (Å²) < 4.78 is 0. The Hall–Kier alpha value is -1.89. The van der Waals surface area contributed by atoms with E-state index in [2.05, 4.69) is 6.92 Å². The Balaban J connectivity index is 0. The zero-order chi connectivity index (χ0) is 13.7. The molecule has 0 rings (SSSR count). The van der Waals surface area contributed by atoms with E-state index in [0.29, 0.717) is 12.5 Å². The maximum absolute atomic E-state index is 9.88. The van der Waals surface area contributed by atoms with Gasteiger partial charge in [0.1, 0.15) is 11.6 Å². The SMILES string of the molecule is CCCCCC(O)O.N#CC=C(C#N)C(=O)O. The lowest BCUT2D eigenvalue weighted by atomic mass is 10.2. The van der Waals surface area contributed by atoms with Crippen LogP contribution in [0, 0.1) is 22.7 Å². The van der Waals surface area contributed by atoms with E-state index in [1.54, 1.807) is 0 Å². The van der Waals surface area contributed by atoms with Crippen molar-refractivity contribution in [2.75, 3.05) is 0 Å². The van der Waals surface area contributed by atoms with Gasteiger partial charge in [0, 0.05) is 6.08 Å². The summed E-state index contributed by atoms with van der Waals surface area (Å²) in [5.74, 6) is -1.38. The van der Waals surface area contributed by atoms with E-state index in [1.165, 1.54) is 12.1 Å². The zero-order valence-corrected chi connectivity index (χ0v) is 9.63. The Kier molecular flexibility index (Phi) is 12.5. The van der Waals surface area contributed by atoms with Crippen molar-refractivity contribution in [2.45, 2.75) is 38.9 Å². The predicted octanol–water partition coefficient (Wildman–Crippen LogP) is 0.922. The van der Waals surface area contributed by atoms with Crippen LogP contribution in [0.4, 0.5) is 0 Å². The molecule has 6 nitrogen and oxygen atoms in total. The number of aliphatic hydroxyl groups is 2. The first-order valence-electron chi connectivity index (χ1n) is 5.08. The minimum Gasteiger partial charge on any atom is -0.477 e. The third-order valence-electron chi connectivity index (χ3n) is 1.63. The number of carbonyl (C=O) groups is 1. The third kappa shape index (κ3) is 14.1. The van der Waals surface area contributed by atoms with E-state index in [0.717, 1.165) is 19.3 Å².